The molecule has 3 aromatic rings. The molecule has 31 heavy (non-hydrogen) atoms. The molecular weight excluding hydrogens is 407 g/mol. The number of carbonyl (C=O) groups is 1. The van der Waals surface area contributed by atoms with Crippen molar-refractivity contribution in [3.8, 4) is 17.2 Å². The minimum absolute atomic E-state index is 0.0584. The van der Waals surface area contributed by atoms with Crippen molar-refractivity contribution in [2.24, 2.45) is 17.3 Å². The van der Waals surface area contributed by atoms with Crippen molar-refractivity contribution in [1.82, 2.24) is 14.6 Å². The van der Waals surface area contributed by atoms with E-state index in [2.05, 4.69) is 16.2 Å². The van der Waals surface area contributed by atoms with Gasteiger partial charge in [-0.3, -0.25) is 9.78 Å². The number of nitriles is 1. The fourth-order valence-electron chi connectivity index (χ4n) is 4.75. The molecule has 158 valence electrons. The Bertz CT molecular complexity index is 1240. The Kier molecular flexibility index (Phi) is 4.13. The molecule has 4 heterocycles. The minimum atomic E-state index is -4.53. The number of carbonyl (C=O) groups excluding carboxylic acids is 1. The third kappa shape index (κ3) is 2.81. The number of hydrogen-bond donors (Lipinski definition) is 0. The highest BCUT2D eigenvalue weighted by Gasteiger charge is 2.61. The molecular formula is C22H18F3N5O. The van der Waals surface area contributed by atoms with Crippen LogP contribution in [-0.2, 0) is 11.0 Å². The van der Waals surface area contributed by atoms with Gasteiger partial charge in [0.05, 0.1) is 22.8 Å². The largest absolute Gasteiger partial charge is 0.417 e. The molecule has 1 amide bonds. The quantitative estimate of drug-likeness (QED) is 0.627. The van der Waals surface area contributed by atoms with Crippen molar-refractivity contribution in [3.63, 3.8) is 0 Å². The van der Waals surface area contributed by atoms with Crippen molar-refractivity contribution in [1.29, 1.82) is 5.26 Å². The zero-order valence-corrected chi connectivity index (χ0v) is 16.6. The van der Waals surface area contributed by atoms with Gasteiger partial charge in [0, 0.05) is 48.4 Å². The van der Waals surface area contributed by atoms with Gasteiger partial charge in [0.25, 0.3) is 0 Å². The molecule has 5 rings (SSSR count). The van der Waals surface area contributed by atoms with E-state index >= 15 is 0 Å². The molecule has 0 spiro atoms. The Balaban J connectivity index is 1.62. The second kappa shape index (κ2) is 6.54. The lowest BCUT2D eigenvalue weighted by Gasteiger charge is -2.23. The second-order valence-corrected chi connectivity index (χ2v) is 8.27. The summed E-state index contributed by atoms with van der Waals surface area (Å²) in [6.07, 6.45) is 2.47. The molecule has 0 radical (unpaired) electrons. The van der Waals surface area contributed by atoms with Crippen molar-refractivity contribution in [2.75, 3.05) is 11.4 Å². The average Bonchev–Trinajstić information content (AvgIpc) is 3.43. The standard InChI is InChI=1S/C22H18F3N5O/c1-13-10-29(20(31)21(13,12-26)15-2-3-15)18-5-7-28-30-11-14(8-19(18)30)16-9-27-6-4-17(16)22(23,24)25/h4-9,11,13,15H,2-3,10H2,1H3/t13-,21+/m1/s1. The predicted octanol–water partition coefficient (Wildman–Crippen LogP) is 4.32. The monoisotopic (exact) mass is 425 g/mol. The number of nitrogens with zero attached hydrogens (tertiary/aromatic N) is 5. The summed E-state index contributed by atoms with van der Waals surface area (Å²) in [5, 5.41) is 14.1. The van der Waals surface area contributed by atoms with E-state index < -0.39 is 17.2 Å². The Morgan fingerprint density at radius 3 is 2.71 bits per heavy atom. The van der Waals surface area contributed by atoms with Crippen LogP contribution in [0.25, 0.3) is 16.6 Å². The molecule has 0 unspecified atom stereocenters. The fourth-order valence-corrected chi connectivity index (χ4v) is 4.75. The van der Waals surface area contributed by atoms with Crippen LogP contribution in [0.2, 0.25) is 0 Å². The molecule has 1 saturated heterocycles. The van der Waals surface area contributed by atoms with Gasteiger partial charge in [-0.25, -0.2) is 4.52 Å². The number of amides is 1. The maximum atomic E-state index is 13.5. The molecule has 3 aromatic heterocycles. The number of rotatable bonds is 3. The van der Waals surface area contributed by atoms with Crippen LogP contribution in [0.5, 0.6) is 0 Å². The number of anilines is 1. The molecule has 1 aliphatic heterocycles. The Labute approximate surface area is 175 Å². The maximum absolute atomic E-state index is 13.5. The first-order valence-electron chi connectivity index (χ1n) is 9.99. The summed E-state index contributed by atoms with van der Waals surface area (Å²) in [5.41, 5.74) is -0.552. The van der Waals surface area contributed by atoms with Crippen molar-refractivity contribution < 1.29 is 18.0 Å². The van der Waals surface area contributed by atoms with Crippen LogP contribution in [0.15, 0.2) is 43.0 Å². The number of alkyl halides is 3. The van der Waals surface area contributed by atoms with E-state index in [0.29, 0.717) is 23.3 Å². The highest BCUT2D eigenvalue weighted by molar-refractivity contribution is 6.05. The number of pyridine rings is 1. The summed E-state index contributed by atoms with van der Waals surface area (Å²) in [5.74, 6) is -0.316. The average molecular weight is 425 g/mol. The molecule has 6 nitrogen and oxygen atoms in total. The number of halogens is 3. The van der Waals surface area contributed by atoms with Gasteiger partial charge in [-0.15, -0.1) is 0 Å². The molecule has 2 fully saturated rings. The van der Waals surface area contributed by atoms with E-state index in [4.69, 9.17) is 0 Å². The van der Waals surface area contributed by atoms with E-state index in [1.165, 1.54) is 23.1 Å². The molecule has 1 saturated carbocycles. The van der Waals surface area contributed by atoms with Crippen LogP contribution in [0, 0.1) is 28.6 Å². The van der Waals surface area contributed by atoms with Crippen LogP contribution < -0.4 is 4.90 Å². The predicted molar refractivity (Wildman–Crippen MR) is 106 cm³/mol. The van der Waals surface area contributed by atoms with E-state index in [-0.39, 0.29) is 23.3 Å². The van der Waals surface area contributed by atoms with Crippen molar-refractivity contribution >= 4 is 17.1 Å². The maximum Gasteiger partial charge on any atom is 0.417 e. The third-order valence-electron chi connectivity index (χ3n) is 6.45. The lowest BCUT2D eigenvalue weighted by molar-refractivity contribution is -0.137. The Hall–Kier alpha value is -3.41. The van der Waals surface area contributed by atoms with Gasteiger partial charge in [-0.2, -0.15) is 23.5 Å². The lowest BCUT2D eigenvalue weighted by atomic mass is 9.75. The zero-order chi connectivity index (χ0) is 22.0. The van der Waals surface area contributed by atoms with Crippen molar-refractivity contribution in [3.05, 3.63) is 48.5 Å². The van der Waals surface area contributed by atoms with Gasteiger partial charge in [0.1, 0.15) is 5.41 Å². The van der Waals surface area contributed by atoms with E-state index in [9.17, 15) is 23.2 Å². The summed E-state index contributed by atoms with van der Waals surface area (Å²) in [4.78, 5) is 18.8. The summed E-state index contributed by atoms with van der Waals surface area (Å²) < 4.78 is 41.9. The van der Waals surface area contributed by atoms with E-state index in [0.717, 1.165) is 25.1 Å². The highest BCUT2D eigenvalue weighted by Crippen LogP contribution is 2.54. The second-order valence-electron chi connectivity index (χ2n) is 8.27. The normalized spacial score (nSPS) is 24.0. The van der Waals surface area contributed by atoms with Gasteiger partial charge < -0.3 is 4.90 Å². The van der Waals surface area contributed by atoms with Crippen LogP contribution in [-0.4, -0.2) is 27.0 Å². The van der Waals surface area contributed by atoms with Gasteiger partial charge in [-0.1, -0.05) is 6.92 Å². The number of hydrogen-bond acceptors (Lipinski definition) is 4. The molecule has 0 aromatic carbocycles. The lowest BCUT2D eigenvalue weighted by Crippen LogP contribution is -2.37. The van der Waals surface area contributed by atoms with Crippen molar-refractivity contribution in [2.45, 2.75) is 25.9 Å². The van der Waals surface area contributed by atoms with Crippen LogP contribution in [0.1, 0.15) is 25.3 Å². The zero-order valence-electron chi connectivity index (χ0n) is 16.6. The highest BCUT2D eigenvalue weighted by atomic mass is 19.4. The van der Waals surface area contributed by atoms with E-state index in [1.54, 1.807) is 17.0 Å². The summed E-state index contributed by atoms with van der Waals surface area (Å²) in [7, 11) is 0. The molecule has 9 heteroatoms. The summed E-state index contributed by atoms with van der Waals surface area (Å²) in [6, 6.07) is 6.48. The first kappa shape index (κ1) is 19.5. The molecule has 0 bridgehead atoms. The summed E-state index contributed by atoms with van der Waals surface area (Å²) >= 11 is 0. The van der Waals surface area contributed by atoms with Crippen LogP contribution >= 0.6 is 0 Å². The number of aromatic nitrogens is 3. The minimum Gasteiger partial charge on any atom is -0.309 e. The molecule has 1 aliphatic carbocycles. The molecule has 2 aliphatic rings. The van der Waals surface area contributed by atoms with Crippen LogP contribution in [0.4, 0.5) is 18.9 Å². The van der Waals surface area contributed by atoms with Gasteiger partial charge in [-0.05, 0) is 37.0 Å². The van der Waals surface area contributed by atoms with Crippen LogP contribution in [0.3, 0.4) is 0 Å². The Morgan fingerprint density at radius 1 is 1.26 bits per heavy atom. The van der Waals surface area contributed by atoms with Gasteiger partial charge in [0.15, 0.2) is 0 Å². The molecule has 2 atom stereocenters. The summed E-state index contributed by atoms with van der Waals surface area (Å²) in [6.45, 7) is 2.29. The van der Waals surface area contributed by atoms with Gasteiger partial charge in [0.2, 0.25) is 5.91 Å². The topological polar surface area (TPSA) is 74.3 Å². The fraction of sp³-hybridized carbons (Fsp3) is 0.364. The first-order valence-corrected chi connectivity index (χ1v) is 9.99. The SMILES string of the molecule is C[C@@H]1CN(c2ccnn3cc(-c4cnccc4C(F)(F)F)cc23)C(=O)[C@]1(C#N)C1CC1. The smallest absolute Gasteiger partial charge is 0.309 e. The van der Waals surface area contributed by atoms with E-state index in [1.807, 2.05) is 6.92 Å². The Morgan fingerprint density at radius 2 is 2.03 bits per heavy atom. The number of fused-ring (bicyclic) bond motifs is 1. The third-order valence-corrected chi connectivity index (χ3v) is 6.45. The molecule has 0 N–H and O–H groups in total. The first-order chi connectivity index (χ1) is 14.8. The van der Waals surface area contributed by atoms with Gasteiger partial charge >= 0.3 is 6.18 Å².